The van der Waals surface area contributed by atoms with E-state index in [0.717, 1.165) is 44.9 Å². The van der Waals surface area contributed by atoms with Gasteiger partial charge in [0.1, 0.15) is 0 Å². The summed E-state index contributed by atoms with van der Waals surface area (Å²) < 4.78 is 33.6. The van der Waals surface area contributed by atoms with E-state index in [1.54, 1.807) is 0 Å². The minimum Gasteiger partial charge on any atom is -0.748 e. The zero-order valence-corrected chi connectivity index (χ0v) is 16.8. The number of rotatable bonds is 13. The van der Waals surface area contributed by atoms with Gasteiger partial charge in [0.05, 0.1) is 16.2 Å². The van der Waals surface area contributed by atoms with Gasteiger partial charge in [0.15, 0.2) is 0 Å². The van der Waals surface area contributed by atoms with Crippen LogP contribution in [0.2, 0.25) is 0 Å². The molecule has 0 saturated carbocycles. The van der Waals surface area contributed by atoms with Crippen molar-refractivity contribution in [2.45, 2.75) is 95.8 Å². The molecule has 0 aliphatic rings. The minimum absolute atomic E-state index is 0. The van der Waals surface area contributed by atoms with E-state index in [0.29, 0.717) is 25.7 Å². The van der Waals surface area contributed by atoms with Gasteiger partial charge in [-0.25, -0.2) is 8.42 Å². The fourth-order valence-corrected chi connectivity index (χ4v) is 3.32. The van der Waals surface area contributed by atoms with Crippen molar-refractivity contribution in [2.24, 2.45) is 0 Å². The molecule has 0 aliphatic heterocycles. The van der Waals surface area contributed by atoms with Gasteiger partial charge in [0.2, 0.25) is 0 Å². The van der Waals surface area contributed by atoms with E-state index in [9.17, 15) is 18.1 Å². The smallest absolute Gasteiger partial charge is 0.748 e. The molecule has 0 fully saturated rings. The normalized spacial score (nSPS) is 14.5. The van der Waals surface area contributed by atoms with Crippen molar-refractivity contribution in [1.82, 2.24) is 0 Å². The largest absolute Gasteiger partial charge is 1.00 e. The van der Waals surface area contributed by atoms with E-state index in [1.807, 2.05) is 6.92 Å². The molecule has 2 unspecified atom stereocenters. The van der Waals surface area contributed by atoms with Gasteiger partial charge in [-0.3, -0.25) is 0 Å². The SMILES string of the molecule is CCCCCC(O)CCCC(CCCCC)S(=O)(=O)[O-].[Na+]. The molecule has 0 aromatic carbocycles. The van der Waals surface area contributed by atoms with E-state index < -0.39 is 15.4 Å². The third-order valence-electron chi connectivity index (χ3n) is 3.74. The summed E-state index contributed by atoms with van der Waals surface area (Å²) in [5, 5.41) is 9.01. The van der Waals surface area contributed by atoms with Gasteiger partial charge >= 0.3 is 29.6 Å². The van der Waals surface area contributed by atoms with Gasteiger partial charge in [0, 0.05) is 5.25 Å². The van der Waals surface area contributed by atoms with E-state index in [2.05, 4.69) is 6.92 Å². The first kappa shape index (κ1) is 24.1. The molecule has 0 bridgehead atoms. The van der Waals surface area contributed by atoms with Crippen LogP contribution in [0, 0.1) is 0 Å². The van der Waals surface area contributed by atoms with Gasteiger partial charge in [-0.2, -0.15) is 0 Å². The standard InChI is InChI=1S/C15H32O4S.Na/c1-3-5-7-10-14(16)11-9-13-15(20(17,18)19)12-8-6-4-2;/h14-16H,3-13H2,1-2H3,(H,17,18,19);/q;+1/p-1. The summed E-state index contributed by atoms with van der Waals surface area (Å²) in [6.45, 7) is 4.17. The molecule has 6 heteroatoms. The van der Waals surface area contributed by atoms with Crippen LogP contribution in [0.4, 0.5) is 0 Å². The van der Waals surface area contributed by atoms with Crippen LogP contribution in [0.5, 0.6) is 0 Å². The van der Waals surface area contributed by atoms with E-state index in [4.69, 9.17) is 0 Å². The second kappa shape index (κ2) is 14.5. The Morgan fingerprint density at radius 2 is 1.29 bits per heavy atom. The predicted octanol–water partition coefficient (Wildman–Crippen LogP) is 0.596. The summed E-state index contributed by atoms with van der Waals surface area (Å²) in [5.74, 6) is 0. The van der Waals surface area contributed by atoms with Crippen LogP contribution >= 0.6 is 0 Å². The molecule has 21 heavy (non-hydrogen) atoms. The van der Waals surface area contributed by atoms with E-state index >= 15 is 0 Å². The topological polar surface area (TPSA) is 77.4 Å². The molecule has 1 N–H and O–H groups in total. The number of aliphatic hydroxyl groups excluding tert-OH is 1. The third kappa shape index (κ3) is 14.2. The summed E-state index contributed by atoms with van der Waals surface area (Å²) in [6.07, 6.45) is 8.52. The van der Waals surface area contributed by atoms with Crippen LogP contribution < -0.4 is 29.6 Å². The Morgan fingerprint density at radius 1 is 0.857 bits per heavy atom. The number of aliphatic hydroxyl groups is 1. The quantitative estimate of drug-likeness (QED) is 0.305. The number of hydrogen-bond acceptors (Lipinski definition) is 4. The van der Waals surface area contributed by atoms with Crippen LogP contribution in [-0.2, 0) is 10.1 Å². The maximum Gasteiger partial charge on any atom is 1.00 e. The van der Waals surface area contributed by atoms with Gasteiger partial charge in [-0.1, -0.05) is 52.4 Å². The maximum atomic E-state index is 11.2. The summed E-state index contributed by atoms with van der Waals surface area (Å²) in [6, 6.07) is 0. The molecule has 0 amide bonds. The molecule has 0 rings (SSSR count). The summed E-state index contributed by atoms with van der Waals surface area (Å²) in [7, 11) is -4.20. The molecule has 122 valence electrons. The first-order chi connectivity index (χ1) is 9.41. The van der Waals surface area contributed by atoms with Crippen molar-refractivity contribution >= 4 is 10.1 Å². The van der Waals surface area contributed by atoms with E-state index in [1.165, 1.54) is 0 Å². The van der Waals surface area contributed by atoms with Gasteiger partial charge in [0.25, 0.3) is 0 Å². The molecule has 0 heterocycles. The Labute approximate surface area is 153 Å². The molecule has 0 radical (unpaired) electrons. The Kier molecular flexibility index (Phi) is 16.6. The Morgan fingerprint density at radius 3 is 1.76 bits per heavy atom. The summed E-state index contributed by atoms with van der Waals surface area (Å²) in [4.78, 5) is 0. The van der Waals surface area contributed by atoms with Crippen LogP contribution in [0.3, 0.4) is 0 Å². The van der Waals surface area contributed by atoms with Crippen molar-refractivity contribution in [1.29, 1.82) is 0 Å². The first-order valence-corrected chi connectivity index (χ1v) is 9.51. The Hall–Kier alpha value is 0.870. The fraction of sp³-hybridized carbons (Fsp3) is 1.00. The number of unbranched alkanes of at least 4 members (excludes halogenated alkanes) is 4. The molecular formula is C15H31NaO4S. The van der Waals surface area contributed by atoms with Crippen molar-refractivity contribution in [3.8, 4) is 0 Å². The van der Waals surface area contributed by atoms with Crippen molar-refractivity contribution in [2.75, 3.05) is 0 Å². The third-order valence-corrected chi connectivity index (χ3v) is 5.03. The Bertz CT molecular complexity index is 320. The molecular weight excluding hydrogens is 299 g/mol. The number of hydrogen-bond donors (Lipinski definition) is 1. The average molecular weight is 330 g/mol. The molecule has 0 aliphatic carbocycles. The molecule has 0 saturated heterocycles. The summed E-state index contributed by atoms with van der Waals surface area (Å²) >= 11 is 0. The van der Waals surface area contributed by atoms with Crippen LogP contribution in [0.1, 0.15) is 84.5 Å². The molecule has 0 spiro atoms. The van der Waals surface area contributed by atoms with Crippen molar-refractivity contribution < 1.29 is 47.6 Å². The predicted molar refractivity (Wildman–Crippen MR) is 81.6 cm³/mol. The van der Waals surface area contributed by atoms with Crippen molar-refractivity contribution in [3.63, 3.8) is 0 Å². The van der Waals surface area contributed by atoms with E-state index in [-0.39, 0.29) is 35.7 Å². The van der Waals surface area contributed by atoms with Crippen LogP contribution in [0.15, 0.2) is 0 Å². The minimum atomic E-state index is -4.20. The Balaban J connectivity index is 0. The second-order valence-electron chi connectivity index (χ2n) is 5.69. The zero-order chi connectivity index (χ0) is 15.4. The van der Waals surface area contributed by atoms with Crippen LogP contribution in [-0.4, -0.2) is 29.4 Å². The molecule has 2 atom stereocenters. The fourth-order valence-electron chi connectivity index (χ4n) is 2.41. The molecule has 0 aromatic rings. The average Bonchev–Trinajstić information content (AvgIpc) is 2.36. The molecule has 4 nitrogen and oxygen atoms in total. The first-order valence-electron chi connectivity index (χ1n) is 8.04. The summed E-state index contributed by atoms with van der Waals surface area (Å²) in [5.41, 5.74) is 0. The maximum absolute atomic E-state index is 11.2. The zero-order valence-electron chi connectivity index (χ0n) is 14.0. The second-order valence-corrected chi connectivity index (χ2v) is 7.34. The monoisotopic (exact) mass is 330 g/mol. The molecule has 0 aromatic heterocycles. The van der Waals surface area contributed by atoms with Gasteiger partial charge in [-0.05, 0) is 32.1 Å². The van der Waals surface area contributed by atoms with Crippen LogP contribution in [0.25, 0.3) is 0 Å². The van der Waals surface area contributed by atoms with Crippen molar-refractivity contribution in [3.05, 3.63) is 0 Å². The van der Waals surface area contributed by atoms with Gasteiger partial charge in [-0.15, -0.1) is 0 Å². The van der Waals surface area contributed by atoms with Gasteiger partial charge < -0.3 is 9.66 Å².